The van der Waals surface area contributed by atoms with Gasteiger partial charge in [-0.05, 0) is 19.1 Å². The number of halogens is 2. The Hall–Kier alpha value is -1.70. The van der Waals surface area contributed by atoms with Crippen LogP contribution in [-0.4, -0.2) is 9.78 Å². The molecule has 1 aromatic heterocycles. The van der Waals surface area contributed by atoms with Crippen molar-refractivity contribution in [1.82, 2.24) is 9.78 Å². The fourth-order valence-electron chi connectivity index (χ4n) is 1.67. The van der Waals surface area contributed by atoms with Crippen molar-refractivity contribution in [1.29, 1.82) is 5.26 Å². The number of nitrogens with one attached hydrogen (secondary N) is 1. The fourth-order valence-corrected chi connectivity index (χ4v) is 2.16. The third-order valence-electron chi connectivity index (χ3n) is 2.54. The van der Waals surface area contributed by atoms with Crippen molar-refractivity contribution in [3.63, 3.8) is 0 Å². The van der Waals surface area contributed by atoms with Gasteiger partial charge in [-0.2, -0.15) is 10.4 Å². The number of benzene rings is 1. The van der Waals surface area contributed by atoms with Crippen LogP contribution in [0.25, 0.3) is 0 Å². The maximum atomic E-state index is 9.12. The van der Waals surface area contributed by atoms with E-state index in [1.54, 1.807) is 36.9 Å². The summed E-state index contributed by atoms with van der Waals surface area (Å²) in [4.78, 5) is 0. The third kappa shape index (κ3) is 2.15. The Morgan fingerprint density at radius 2 is 1.94 bits per heavy atom. The van der Waals surface area contributed by atoms with Crippen LogP contribution >= 0.6 is 23.2 Å². The summed E-state index contributed by atoms with van der Waals surface area (Å²) in [5.74, 6) is 0.574. The Labute approximate surface area is 115 Å². The average Bonchev–Trinajstić information content (AvgIpc) is 2.58. The molecule has 4 nitrogen and oxygen atoms in total. The standard InChI is InChI=1S/C12H10Cl2N4/c1-7-8(6-15)12(18(2)17-7)16-11-9(13)4-3-5-10(11)14/h3-5,16H,1-2H3. The van der Waals surface area contributed by atoms with E-state index in [0.717, 1.165) is 0 Å². The molecule has 1 aromatic carbocycles. The molecule has 1 N–H and O–H groups in total. The lowest BCUT2D eigenvalue weighted by Crippen LogP contribution is -2.01. The number of para-hydroxylation sites is 1. The molecule has 0 saturated heterocycles. The zero-order valence-corrected chi connectivity index (χ0v) is 11.3. The molecule has 0 fully saturated rings. The summed E-state index contributed by atoms with van der Waals surface area (Å²) in [6, 6.07) is 7.33. The zero-order valence-electron chi connectivity index (χ0n) is 9.83. The maximum absolute atomic E-state index is 9.12. The first-order chi connectivity index (χ1) is 8.54. The van der Waals surface area contributed by atoms with E-state index in [1.807, 2.05) is 0 Å². The first-order valence-corrected chi connectivity index (χ1v) is 5.95. The van der Waals surface area contributed by atoms with Crippen molar-refractivity contribution in [2.24, 2.45) is 7.05 Å². The molecule has 0 amide bonds. The Balaban J connectivity index is 2.50. The zero-order chi connectivity index (χ0) is 13.3. The molecule has 0 spiro atoms. The summed E-state index contributed by atoms with van der Waals surface area (Å²) in [5, 5.41) is 17.3. The van der Waals surface area contributed by atoms with Gasteiger partial charge in [0.1, 0.15) is 17.5 Å². The van der Waals surface area contributed by atoms with Gasteiger partial charge < -0.3 is 5.32 Å². The molecule has 18 heavy (non-hydrogen) atoms. The first kappa shape index (κ1) is 12.7. The monoisotopic (exact) mass is 280 g/mol. The van der Waals surface area contributed by atoms with Crippen molar-refractivity contribution in [3.05, 3.63) is 39.5 Å². The largest absolute Gasteiger partial charge is 0.337 e. The van der Waals surface area contributed by atoms with Crippen LogP contribution in [0.2, 0.25) is 10.0 Å². The van der Waals surface area contributed by atoms with Crippen LogP contribution in [-0.2, 0) is 7.05 Å². The van der Waals surface area contributed by atoms with Crippen molar-refractivity contribution in [2.75, 3.05) is 5.32 Å². The Bertz CT molecular complexity index is 620. The predicted octanol–water partition coefficient (Wildman–Crippen LogP) is 3.65. The quantitative estimate of drug-likeness (QED) is 0.914. The van der Waals surface area contributed by atoms with Crippen LogP contribution in [0.3, 0.4) is 0 Å². The van der Waals surface area contributed by atoms with Crippen LogP contribution in [0.1, 0.15) is 11.3 Å². The minimum atomic E-state index is 0.480. The summed E-state index contributed by atoms with van der Waals surface area (Å²) in [6.07, 6.45) is 0. The SMILES string of the molecule is Cc1nn(C)c(Nc2c(Cl)cccc2Cl)c1C#N. The van der Waals surface area contributed by atoms with E-state index in [0.29, 0.717) is 32.8 Å². The Morgan fingerprint density at radius 1 is 1.33 bits per heavy atom. The number of aryl methyl sites for hydroxylation is 2. The highest BCUT2D eigenvalue weighted by molar-refractivity contribution is 6.39. The van der Waals surface area contributed by atoms with Crippen LogP contribution in [0.5, 0.6) is 0 Å². The van der Waals surface area contributed by atoms with Gasteiger partial charge in [-0.3, -0.25) is 4.68 Å². The molecule has 0 aliphatic carbocycles. The second kappa shape index (κ2) is 4.89. The van der Waals surface area contributed by atoms with Crippen molar-refractivity contribution in [2.45, 2.75) is 6.92 Å². The first-order valence-electron chi connectivity index (χ1n) is 5.19. The van der Waals surface area contributed by atoms with Crippen molar-refractivity contribution in [3.8, 4) is 6.07 Å². The normalized spacial score (nSPS) is 10.2. The molecule has 92 valence electrons. The van der Waals surface area contributed by atoms with Gasteiger partial charge in [0, 0.05) is 7.05 Å². The van der Waals surface area contributed by atoms with Crippen molar-refractivity contribution < 1.29 is 0 Å². The van der Waals surface area contributed by atoms with Crippen molar-refractivity contribution >= 4 is 34.7 Å². The second-order valence-corrected chi connectivity index (χ2v) is 4.58. The van der Waals surface area contributed by atoms with Gasteiger partial charge >= 0.3 is 0 Å². The predicted molar refractivity (Wildman–Crippen MR) is 72.4 cm³/mol. The van der Waals surface area contributed by atoms with Gasteiger partial charge in [-0.25, -0.2) is 0 Å². The van der Waals surface area contributed by atoms with Gasteiger partial charge in [0.2, 0.25) is 0 Å². The van der Waals surface area contributed by atoms with Gasteiger partial charge in [0.15, 0.2) is 0 Å². The minimum absolute atomic E-state index is 0.480. The number of hydrogen-bond acceptors (Lipinski definition) is 3. The highest BCUT2D eigenvalue weighted by atomic mass is 35.5. The molecule has 0 bridgehead atoms. The third-order valence-corrected chi connectivity index (χ3v) is 3.17. The van der Waals surface area contributed by atoms with E-state index in [9.17, 15) is 0 Å². The molecule has 0 aliphatic rings. The van der Waals surface area contributed by atoms with Crippen LogP contribution < -0.4 is 5.32 Å². The van der Waals surface area contributed by atoms with Crippen LogP contribution in [0, 0.1) is 18.3 Å². The van der Waals surface area contributed by atoms with Gasteiger partial charge in [-0.1, -0.05) is 29.3 Å². The van der Waals surface area contributed by atoms with E-state index in [-0.39, 0.29) is 0 Å². The molecule has 0 atom stereocenters. The van der Waals surface area contributed by atoms with E-state index in [2.05, 4.69) is 16.5 Å². The maximum Gasteiger partial charge on any atom is 0.146 e. The molecular weight excluding hydrogens is 271 g/mol. The van der Waals surface area contributed by atoms with Crippen LogP contribution in [0.4, 0.5) is 11.5 Å². The number of nitriles is 1. The van der Waals surface area contributed by atoms with Gasteiger partial charge in [0.25, 0.3) is 0 Å². The van der Waals surface area contributed by atoms with Gasteiger partial charge in [-0.15, -0.1) is 0 Å². The van der Waals surface area contributed by atoms with Crippen LogP contribution in [0.15, 0.2) is 18.2 Å². The van der Waals surface area contributed by atoms with E-state index < -0.39 is 0 Å². The summed E-state index contributed by atoms with van der Waals surface area (Å²) >= 11 is 12.1. The highest BCUT2D eigenvalue weighted by Gasteiger charge is 2.15. The number of nitrogens with zero attached hydrogens (tertiary/aromatic N) is 3. The number of hydrogen-bond donors (Lipinski definition) is 1. The molecule has 1 heterocycles. The number of aromatic nitrogens is 2. The molecule has 6 heteroatoms. The second-order valence-electron chi connectivity index (χ2n) is 3.77. The minimum Gasteiger partial charge on any atom is -0.337 e. The summed E-state index contributed by atoms with van der Waals surface area (Å²) in [6.45, 7) is 1.78. The lowest BCUT2D eigenvalue weighted by atomic mass is 10.2. The Morgan fingerprint density at radius 3 is 2.50 bits per heavy atom. The number of anilines is 2. The number of rotatable bonds is 2. The summed E-state index contributed by atoms with van der Waals surface area (Å²) in [7, 11) is 1.75. The van der Waals surface area contributed by atoms with E-state index in [1.165, 1.54) is 0 Å². The summed E-state index contributed by atoms with van der Waals surface area (Å²) in [5.41, 5.74) is 1.71. The smallest absolute Gasteiger partial charge is 0.146 e. The topological polar surface area (TPSA) is 53.6 Å². The lowest BCUT2D eigenvalue weighted by molar-refractivity contribution is 0.765. The molecule has 0 radical (unpaired) electrons. The van der Waals surface area contributed by atoms with E-state index in [4.69, 9.17) is 28.5 Å². The molecule has 2 rings (SSSR count). The molecule has 2 aromatic rings. The molecule has 0 unspecified atom stereocenters. The van der Waals surface area contributed by atoms with E-state index >= 15 is 0 Å². The molecular formula is C12H10Cl2N4. The fraction of sp³-hybridized carbons (Fsp3) is 0.167. The Kier molecular flexibility index (Phi) is 3.46. The molecule has 0 saturated carbocycles. The summed E-state index contributed by atoms with van der Waals surface area (Å²) < 4.78 is 1.59. The van der Waals surface area contributed by atoms with Gasteiger partial charge in [0.05, 0.1) is 21.4 Å². The lowest BCUT2D eigenvalue weighted by Gasteiger charge is -2.10. The highest BCUT2D eigenvalue weighted by Crippen LogP contribution is 2.33. The average molecular weight is 281 g/mol. The molecule has 0 aliphatic heterocycles.